The Balaban J connectivity index is 0.00000272. The number of anilines is 1. The predicted molar refractivity (Wildman–Crippen MR) is 124 cm³/mol. The van der Waals surface area contributed by atoms with Gasteiger partial charge >= 0.3 is 0 Å². The largest absolute Gasteiger partial charge is 0.478 e. The van der Waals surface area contributed by atoms with Crippen LogP contribution < -0.4 is 15.0 Å². The van der Waals surface area contributed by atoms with Crippen LogP contribution in [0.2, 0.25) is 5.02 Å². The van der Waals surface area contributed by atoms with Crippen LogP contribution in [-0.4, -0.2) is 49.0 Å². The van der Waals surface area contributed by atoms with Crippen molar-refractivity contribution in [3.8, 4) is 5.75 Å². The number of hydrogen-bond donors (Lipinski definition) is 1. The lowest BCUT2D eigenvalue weighted by molar-refractivity contribution is -0.125. The number of amides is 2. The molecule has 0 aliphatic carbocycles. The maximum Gasteiger partial charge on any atom is 0.267 e. The summed E-state index contributed by atoms with van der Waals surface area (Å²) in [6.45, 7) is 4.36. The molecule has 166 valence electrons. The summed E-state index contributed by atoms with van der Waals surface area (Å²) >= 11 is 6.25. The standard InChI is InChI=1S/C23H26ClN3O3.ClH/c1-15-23(29)26(2)20-12-17(24)11-19(21(20)30-15)22(28)25-18-9-6-10-27(14-18)13-16-7-4-3-5-8-16;/h3-5,7-8,11-12,15,18H,6,9-10,13-14H2,1-2H3,(H,25,28);1H. The van der Waals surface area contributed by atoms with Gasteiger partial charge in [-0.1, -0.05) is 41.9 Å². The van der Waals surface area contributed by atoms with Gasteiger partial charge in [0, 0.05) is 31.2 Å². The Kier molecular flexibility index (Phi) is 7.46. The molecule has 2 amide bonds. The topological polar surface area (TPSA) is 61.9 Å². The highest BCUT2D eigenvalue weighted by Gasteiger charge is 2.33. The number of benzene rings is 2. The van der Waals surface area contributed by atoms with Crippen molar-refractivity contribution in [3.63, 3.8) is 0 Å². The maximum absolute atomic E-state index is 13.1. The first-order chi connectivity index (χ1) is 14.4. The molecular weight excluding hydrogens is 437 g/mol. The van der Waals surface area contributed by atoms with Gasteiger partial charge in [-0.15, -0.1) is 12.4 Å². The molecule has 0 aromatic heterocycles. The van der Waals surface area contributed by atoms with E-state index in [0.29, 0.717) is 22.0 Å². The molecule has 4 rings (SSSR count). The Morgan fingerprint density at radius 1 is 1.26 bits per heavy atom. The highest BCUT2D eigenvalue weighted by Crippen LogP contribution is 2.39. The summed E-state index contributed by atoms with van der Waals surface area (Å²) in [7, 11) is 1.67. The van der Waals surface area contributed by atoms with Crippen LogP contribution in [0.1, 0.15) is 35.7 Å². The van der Waals surface area contributed by atoms with Crippen molar-refractivity contribution in [1.29, 1.82) is 0 Å². The third-order valence-electron chi connectivity index (χ3n) is 5.70. The number of piperidine rings is 1. The molecule has 1 fully saturated rings. The number of carbonyl (C=O) groups is 2. The quantitative estimate of drug-likeness (QED) is 0.746. The van der Waals surface area contributed by atoms with E-state index < -0.39 is 6.10 Å². The van der Waals surface area contributed by atoms with Gasteiger partial charge in [-0.25, -0.2) is 0 Å². The van der Waals surface area contributed by atoms with Crippen molar-refractivity contribution < 1.29 is 14.3 Å². The van der Waals surface area contributed by atoms with E-state index in [1.165, 1.54) is 10.5 Å². The number of carbonyl (C=O) groups excluding carboxylic acids is 2. The molecule has 0 saturated carbocycles. The summed E-state index contributed by atoms with van der Waals surface area (Å²) in [6, 6.07) is 13.7. The van der Waals surface area contributed by atoms with Crippen LogP contribution in [0.25, 0.3) is 0 Å². The third-order valence-corrected chi connectivity index (χ3v) is 5.92. The fraction of sp³-hybridized carbons (Fsp3) is 0.391. The Hall–Kier alpha value is -2.28. The average Bonchev–Trinajstić information content (AvgIpc) is 2.73. The summed E-state index contributed by atoms with van der Waals surface area (Å²) in [6.07, 6.45) is 1.30. The van der Waals surface area contributed by atoms with E-state index in [4.69, 9.17) is 16.3 Å². The van der Waals surface area contributed by atoms with Crippen LogP contribution in [0.4, 0.5) is 5.69 Å². The highest BCUT2D eigenvalue weighted by atomic mass is 35.5. The van der Waals surface area contributed by atoms with Crippen LogP contribution in [0.3, 0.4) is 0 Å². The van der Waals surface area contributed by atoms with Crippen LogP contribution in [0, 0.1) is 0 Å². The molecule has 1 N–H and O–H groups in total. The number of nitrogens with one attached hydrogen (secondary N) is 1. The van der Waals surface area contributed by atoms with Crippen LogP contribution in [-0.2, 0) is 11.3 Å². The summed E-state index contributed by atoms with van der Waals surface area (Å²) < 4.78 is 5.79. The summed E-state index contributed by atoms with van der Waals surface area (Å²) in [5, 5.41) is 3.54. The molecule has 0 spiro atoms. The summed E-state index contributed by atoms with van der Waals surface area (Å²) in [4.78, 5) is 29.2. The molecular formula is C23H27Cl2N3O3. The van der Waals surface area contributed by atoms with Crippen LogP contribution >= 0.6 is 24.0 Å². The lowest BCUT2D eigenvalue weighted by atomic mass is 10.0. The lowest BCUT2D eigenvalue weighted by Crippen LogP contribution is -2.48. The first-order valence-electron chi connectivity index (χ1n) is 10.3. The van der Waals surface area contributed by atoms with Gasteiger partial charge in [-0.05, 0) is 44.0 Å². The second-order valence-electron chi connectivity index (χ2n) is 7.99. The van der Waals surface area contributed by atoms with Crippen molar-refractivity contribution in [3.05, 3.63) is 58.6 Å². The molecule has 2 aromatic rings. The van der Waals surface area contributed by atoms with Gasteiger partial charge in [-0.3, -0.25) is 14.5 Å². The molecule has 2 heterocycles. The number of nitrogens with zero attached hydrogens (tertiary/aromatic N) is 2. The monoisotopic (exact) mass is 463 g/mol. The minimum absolute atomic E-state index is 0. The van der Waals surface area contributed by atoms with E-state index in [0.717, 1.165) is 32.5 Å². The molecule has 6 nitrogen and oxygen atoms in total. The van der Waals surface area contributed by atoms with Gasteiger partial charge in [0.25, 0.3) is 11.8 Å². The zero-order valence-electron chi connectivity index (χ0n) is 17.6. The lowest BCUT2D eigenvalue weighted by Gasteiger charge is -2.34. The zero-order chi connectivity index (χ0) is 21.3. The molecule has 2 aromatic carbocycles. The number of ether oxygens (including phenoxy) is 1. The van der Waals surface area contributed by atoms with E-state index in [2.05, 4.69) is 22.3 Å². The molecule has 0 bridgehead atoms. The predicted octanol–water partition coefficient (Wildman–Crippen LogP) is 3.90. The molecule has 2 aliphatic heterocycles. The third kappa shape index (κ3) is 5.14. The molecule has 1 saturated heterocycles. The minimum atomic E-state index is -0.647. The molecule has 0 radical (unpaired) electrons. The van der Waals surface area contributed by atoms with Crippen LogP contribution in [0.5, 0.6) is 5.75 Å². The van der Waals surface area contributed by atoms with Crippen molar-refractivity contribution in [2.24, 2.45) is 0 Å². The van der Waals surface area contributed by atoms with Crippen molar-refractivity contribution in [2.75, 3.05) is 25.0 Å². The fourth-order valence-corrected chi connectivity index (χ4v) is 4.37. The number of hydrogen-bond acceptors (Lipinski definition) is 4. The van der Waals surface area contributed by atoms with Crippen molar-refractivity contribution in [1.82, 2.24) is 10.2 Å². The molecule has 31 heavy (non-hydrogen) atoms. The average molecular weight is 464 g/mol. The number of halogens is 2. The number of likely N-dealkylation sites (tertiary alicyclic amines) is 1. The molecule has 8 heteroatoms. The van der Waals surface area contributed by atoms with Gasteiger partial charge in [0.1, 0.15) is 0 Å². The Labute approximate surface area is 193 Å². The normalized spacial score (nSPS) is 21.0. The van der Waals surface area contributed by atoms with E-state index >= 15 is 0 Å². The van der Waals surface area contributed by atoms with E-state index in [1.807, 2.05) is 18.2 Å². The minimum Gasteiger partial charge on any atom is -0.478 e. The Morgan fingerprint density at radius 2 is 2.00 bits per heavy atom. The maximum atomic E-state index is 13.1. The van der Waals surface area contributed by atoms with Gasteiger partial charge in [0.2, 0.25) is 0 Å². The van der Waals surface area contributed by atoms with Gasteiger partial charge < -0.3 is 15.0 Å². The second kappa shape index (κ2) is 9.90. The van der Waals surface area contributed by atoms with Crippen molar-refractivity contribution in [2.45, 2.75) is 38.5 Å². The Bertz CT molecular complexity index is 955. The first kappa shape index (κ1) is 23.4. The van der Waals surface area contributed by atoms with Crippen molar-refractivity contribution >= 4 is 41.5 Å². The Morgan fingerprint density at radius 3 is 2.74 bits per heavy atom. The highest BCUT2D eigenvalue weighted by molar-refractivity contribution is 6.31. The molecule has 2 unspecified atom stereocenters. The molecule has 2 atom stereocenters. The smallest absolute Gasteiger partial charge is 0.267 e. The van der Waals surface area contributed by atoms with Gasteiger partial charge in [0.15, 0.2) is 11.9 Å². The van der Waals surface area contributed by atoms with Crippen LogP contribution in [0.15, 0.2) is 42.5 Å². The van der Waals surface area contributed by atoms with Gasteiger partial charge in [0.05, 0.1) is 11.3 Å². The summed E-state index contributed by atoms with van der Waals surface area (Å²) in [5.74, 6) is 0.0127. The first-order valence-corrected chi connectivity index (χ1v) is 10.6. The molecule has 2 aliphatic rings. The number of rotatable bonds is 4. The van der Waals surface area contributed by atoms with E-state index in [9.17, 15) is 9.59 Å². The zero-order valence-corrected chi connectivity index (χ0v) is 19.2. The number of fused-ring (bicyclic) bond motifs is 1. The van der Waals surface area contributed by atoms with E-state index in [-0.39, 0.29) is 30.3 Å². The fourth-order valence-electron chi connectivity index (χ4n) is 4.16. The second-order valence-corrected chi connectivity index (χ2v) is 8.43. The SMILES string of the molecule is CC1Oc2c(C(=O)NC3CCCN(Cc4ccccc4)C3)cc(Cl)cc2N(C)C1=O.Cl. The number of likely N-dealkylation sites (N-methyl/N-ethyl adjacent to an activating group) is 1. The van der Waals surface area contributed by atoms with Gasteiger partial charge in [-0.2, -0.15) is 0 Å². The summed E-state index contributed by atoms with van der Waals surface area (Å²) in [5.41, 5.74) is 2.15. The van der Waals surface area contributed by atoms with E-state index in [1.54, 1.807) is 26.1 Å².